The van der Waals surface area contributed by atoms with Crippen molar-refractivity contribution in [2.45, 2.75) is 11.1 Å². The number of thioether (sulfide) groups is 1. The molecular formula is C11H9F3N4OS. The van der Waals surface area contributed by atoms with Gasteiger partial charge in [-0.05, 0) is 12.1 Å². The number of hydrogen-bond donors (Lipinski definition) is 2. The number of amides is 1. The lowest BCUT2D eigenvalue weighted by Gasteiger charge is -2.11. The zero-order chi connectivity index (χ0) is 14.6. The molecule has 0 unspecified atom stereocenters. The molecule has 9 heteroatoms. The van der Waals surface area contributed by atoms with Crippen LogP contribution in [0.15, 0.2) is 35.4 Å². The van der Waals surface area contributed by atoms with Gasteiger partial charge in [-0.1, -0.05) is 12.1 Å². The minimum Gasteiger partial charge on any atom is -0.320 e. The van der Waals surface area contributed by atoms with Gasteiger partial charge in [0.1, 0.15) is 0 Å². The molecule has 0 aliphatic heterocycles. The van der Waals surface area contributed by atoms with E-state index in [0.717, 1.165) is 0 Å². The summed E-state index contributed by atoms with van der Waals surface area (Å²) in [6.45, 7) is 0. The van der Waals surface area contributed by atoms with Gasteiger partial charge in [0.25, 0.3) is 5.91 Å². The van der Waals surface area contributed by atoms with E-state index in [4.69, 9.17) is 0 Å². The molecule has 106 valence electrons. The number of aromatic nitrogens is 3. The standard InChI is InChI=1S/C11H9F3N4OS/c12-11(13,14)6-20-9-4-2-1-3-7(9)16-10(19)8-5-15-18-17-8/h1-5H,6H2,(H,16,19)(H,15,17,18). The van der Waals surface area contributed by atoms with E-state index in [9.17, 15) is 18.0 Å². The first-order valence-electron chi connectivity index (χ1n) is 5.41. The Balaban J connectivity index is 2.10. The lowest BCUT2D eigenvalue weighted by atomic mass is 10.3. The molecule has 1 heterocycles. The Hall–Kier alpha value is -2.03. The Morgan fingerprint density at radius 1 is 1.35 bits per heavy atom. The van der Waals surface area contributed by atoms with E-state index < -0.39 is 17.8 Å². The van der Waals surface area contributed by atoms with Crippen molar-refractivity contribution >= 4 is 23.4 Å². The molecule has 0 aliphatic rings. The number of nitrogens with one attached hydrogen (secondary N) is 2. The molecule has 0 spiro atoms. The van der Waals surface area contributed by atoms with Crippen molar-refractivity contribution in [2.24, 2.45) is 0 Å². The maximum atomic E-state index is 12.2. The Morgan fingerprint density at radius 2 is 2.10 bits per heavy atom. The average Bonchev–Trinajstić information content (AvgIpc) is 2.90. The summed E-state index contributed by atoms with van der Waals surface area (Å²) in [5, 5.41) is 11.9. The summed E-state index contributed by atoms with van der Waals surface area (Å²) in [5.74, 6) is -1.57. The smallest absolute Gasteiger partial charge is 0.320 e. The second-order valence-corrected chi connectivity index (χ2v) is 4.73. The molecule has 0 saturated carbocycles. The second kappa shape index (κ2) is 5.95. The summed E-state index contributed by atoms with van der Waals surface area (Å²) in [6.07, 6.45) is -3.05. The van der Waals surface area contributed by atoms with Crippen LogP contribution in [0.2, 0.25) is 0 Å². The third kappa shape index (κ3) is 3.98. The number of halogens is 3. The van der Waals surface area contributed by atoms with Crippen LogP contribution in [0, 0.1) is 0 Å². The molecule has 0 atom stereocenters. The number of aromatic amines is 1. The van der Waals surface area contributed by atoms with Crippen molar-refractivity contribution in [1.82, 2.24) is 15.4 Å². The summed E-state index contributed by atoms with van der Waals surface area (Å²) in [6, 6.07) is 6.26. The van der Waals surface area contributed by atoms with Gasteiger partial charge >= 0.3 is 6.18 Å². The fourth-order valence-corrected chi connectivity index (χ4v) is 2.12. The highest BCUT2D eigenvalue weighted by molar-refractivity contribution is 7.99. The van der Waals surface area contributed by atoms with Crippen LogP contribution in [0.1, 0.15) is 10.5 Å². The van der Waals surface area contributed by atoms with E-state index in [0.29, 0.717) is 22.3 Å². The number of H-pyrrole nitrogens is 1. The fourth-order valence-electron chi connectivity index (χ4n) is 1.35. The Morgan fingerprint density at radius 3 is 2.75 bits per heavy atom. The van der Waals surface area contributed by atoms with Crippen LogP contribution in [-0.4, -0.2) is 33.2 Å². The number of hydrogen-bond acceptors (Lipinski definition) is 4. The van der Waals surface area contributed by atoms with E-state index in [-0.39, 0.29) is 5.69 Å². The van der Waals surface area contributed by atoms with Gasteiger partial charge in [0, 0.05) is 4.90 Å². The van der Waals surface area contributed by atoms with Crippen molar-refractivity contribution in [2.75, 3.05) is 11.1 Å². The number of carbonyl (C=O) groups is 1. The van der Waals surface area contributed by atoms with Crippen LogP contribution < -0.4 is 5.32 Å². The number of alkyl halides is 3. The first-order chi connectivity index (χ1) is 9.46. The SMILES string of the molecule is O=C(Nc1ccccc1SCC(F)(F)F)c1cn[nH]n1. The number of carbonyl (C=O) groups excluding carboxylic acids is 1. The summed E-state index contributed by atoms with van der Waals surface area (Å²) >= 11 is 0.610. The van der Waals surface area contributed by atoms with Crippen LogP contribution in [0.25, 0.3) is 0 Å². The van der Waals surface area contributed by atoms with Crippen molar-refractivity contribution < 1.29 is 18.0 Å². The predicted octanol–water partition coefficient (Wildman–Crippen LogP) is 2.71. The molecule has 1 aromatic carbocycles. The third-order valence-corrected chi connectivity index (χ3v) is 3.31. The predicted molar refractivity (Wildman–Crippen MR) is 67.6 cm³/mol. The molecule has 20 heavy (non-hydrogen) atoms. The second-order valence-electron chi connectivity index (χ2n) is 3.71. The molecule has 2 aromatic rings. The fraction of sp³-hybridized carbons (Fsp3) is 0.182. The maximum Gasteiger partial charge on any atom is 0.398 e. The molecule has 0 bridgehead atoms. The molecule has 5 nitrogen and oxygen atoms in total. The minimum atomic E-state index is -4.27. The van der Waals surface area contributed by atoms with E-state index in [1.807, 2.05) is 0 Å². The average molecular weight is 302 g/mol. The molecule has 0 radical (unpaired) electrons. The normalized spacial score (nSPS) is 11.3. The van der Waals surface area contributed by atoms with Crippen molar-refractivity contribution in [3.05, 3.63) is 36.2 Å². The van der Waals surface area contributed by atoms with Crippen molar-refractivity contribution in [3.8, 4) is 0 Å². The highest BCUT2D eigenvalue weighted by atomic mass is 32.2. The number of anilines is 1. The quantitative estimate of drug-likeness (QED) is 0.852. The molecule has 2 N–H and O–H groups in total. The molecule has 0 aliphatic carbocycles. The number of nitrogens with zero attached hydrogens (tertiary/aromatic N) is 2. The Bertz CT molecular complexity index is 586. The van der Waals surface area contributed by atoms with Gasteiger partial charge in [0.2, 0.25) is 0 Å². The highest BCUT2D eigenvalue weighted by Crippen LogP contribution is 2.32. The van der Waals surface area contributed by atoms with Crippen LogP contribution in [0.3, 0.4) is 0 Å². The van der Waals surface area contributed by atoms with Gasteiger partial charge in [0.05, 0.1) is 17.6 Å². The van der Waals surface area contributed by atoms with E-state index in [2.05, 4.69) is 20.7 Å². The van der Waals surface area contributed by atoms with Crippen LogP contribution in [0.4, 0.5) is 18.9 Å². The van der Waals surface area contributed by atoms with Gasteiger partial charge in [-0.25, -0.2) is 0 Å². The lowest BCUT2D eigenvalue weighted by molar-refractivity contribution is -0.105. The zero-order valence-corrected chi connectivity index (χ0v) is 10.8. The van der Waals surface area contributed by atoms with Gasteiger partial charge < -0.3 is 5.32 Å². The first-order valence-corrected chi connectivity index (χ1v) is 6.40. The summed E-state index contributed by atoms with van der Waals surface area (Å²) in [5.41, 5.74) is 0.357. The number of benzene rings is 1. The van der Waals surface area contributed by atoms with E-state index in [1.165, 1.54) is 18.3 Å². The summed E-state index contributed by atoms with van der Waals surface area (Å²) in [4.78, 5) is 12.1. The summed E-state index contributed by atoms with van der Waals surface area (Å²) < 4.78 is 36.7. The van der Waals surface area contributed by atoms with E-state index >= 15 is 0 Å². The van der Waals surface area contributed by atoms with Crippen LogP contribution in [0.5, 0.6) is 0 Å². The molecular weight excluding hydrogens is 293 g/mol. The molecule has 1 amide bonds. The van der Waals surface area contributed by atoms with Crippen molar-refractivity contribution in [3.63, 3.8) is 0 Å². The number of para-hydroxylation sites is 1. The minimum absolute atomic E-state index is 0.0561. The highest BCUT2D eigenvalue weighted by Gasteiger charge is 2.27. The van der Waals surface area contributed by atoms with Gasteiger partial charge in [-0.2, -0.15) is 28.6 Å². The summed E-state index contributed by atoms with van der Waals surface area (Å²) in [7, 11) is 0. The van der Waals surface area contributed by atoms with Gasteiger partial charge in [0.15, 0.2) is 5.69 Å². The zero-order valence-electron chi connectivity index (χ0n) is 9.94. The van der Waals surface area contributed by atoms with Crippen molar-refractivity contribution in [1.29, 1.82) is 0 Å². The van der Waals surface area contributed by atoms with Gasteiger partial charge in [-0.15, -0.1) is 11.8 Å². The topological polar surface area (TPSA) is 70.7 Å². The Labute approximate surface area is 115 Å². The van der Waals surface area contributed by atoms with E-state index in [1.54, 1.807) is 12.1 Å². The third-order valence-electron chi connectivity index (χ3n) is 2.17. The first kappa shape index (κ1) is 14.4. The molecule has 1 aromatic heterocycles. The lowest BCUT2D eigenvalue weighted by Crippen LogP contribution is -2.14. The Kier molecular flexibility index (Phi) is 4.28. The largest absolute Gasteiger partial charge is 0.398 e. The monoisotopic (exact) mass is 302 g/mol. The number of rotatable bonds is 4. The van der Waals surface area contributed by atoms with Gasteiger partial charge in [-0.3, -0.25) is 4.79 Å². The molecule has 2 rings (SSSR count). The molecule has 0 saturated heterocycles. The van der Waals surface area contributed by atoms with Crippen LogP contribution >= 0.6 is 11.8 Å². The maximum absolute atomic E-state index is 12.2. The van der Waals surface area contributed by atoms with Crippen LogP contribution in [-0.2, 0) is 0 Å². The molecule has 0 fully saturated rings.